The van der Waals surface area contributed by atoms with Crippen molar-refractivity contribution in [2.45, 2.75) is 70.3 Å². The molecule has 9 heteroatoms. The zero-order chi connectivity index (χ0) is 25.2. The van der Waals surface area contributed by atoms with E-state index in [4.69, 9.17) is 51.6 Å². The molecule has 2 aromatic rings. The largest absolute Gasteiger partial charge is 0.453 e. The Bertz CT molecular complexity index is 1010. The van der Waals surface area contributed by atoms with Crippen LogP contribution in [-0.4, -0.2) is 55.2 Å². The molecule has 2 heterocycles. The molecule has 0 N–H and O–H groups in total. The van der Waals surface area contributed by atoms with Gasteiger partial charge in [0.2, 0.25) is 0 Å². The van der Waals surface area contributed by atoms with Gasteiger partial charge in [0.05, 0.1) is 25.4 Å². The normalized spacial score (nSPS) is 24.7. The number of ether oxygens (including phenoxy) is 6. The van der Waals surface area contributed by atoms with Gasteiger partial charge < -0.3 is 28.4 Å². The van der Waals surface area contributed by atoms with Gasteiger partial charge >= 0.3 is 5.97 Å². The van der Waals surface area contributed by atoms with E-state index in [1.165, 1.54) is 0 Å². The van der Waals surface area contributed by atoms with E-state index in [-0.39, 0.29) is 19.8 Å². The molecule has 190 valence electrons. The van der Waals surface area contributed by atoms with Gasteiger partial charge in [0.1, 0.15) is 18.3 Å². The van der Waals surface area contributed by atoms with Crippen LogP contribution in [0.3, 0.4) is 0 Å². The molecule has 0 unspecified atom stereocenters. The van der Waals surface area contributed by atoms with Crippen molar-refractivity contribution in [3.05, 3.63) is 69.7 Å². The van der Waals surface area contributed by atoms with E-state index in [1.807, 2.05) is 19.9 Å². The minimum Gasteiger partial charge on any atom is -0.453 e. The molecule has 0 spiro atoms. The third-order valence-corrected chi connectivity index (χ3v) is 6.56. The molecule has 0 aromatic heterocycles. The third kappa shape index (κ3) is 6.54. The molecule has 35 heavy (non-hydrogen) atoms. The number of hydrogen-bond donors (Lipinski definition) is 0. The van der Waals surface area contributed by atoms with E-state index in [0.29, 0.717) is 21.2 Å². The second-order valence-corrected chi connectivity index (χ2v) is 10.3. The summed E-state index contributed by atoms with van der Waals surface area (Å²) in [6.07, 6.45) is -2.78. The molecule has 2 fully saturated rings. The maximum Gasteiger partial charge on any atom is 0.338 e. The maximum absolute atomic E-state index is 13.1. The van der Waals surface area contributed by atoms with E-state index in [0.717, 1.165) is 0 Å². The van der Waals surface area contributed by atoms with Crippen molar-refractivity contribution in [3.63, 3.8) is 0 Å². The highest BCUT2D eigenvalue weighted by Crippen LogP contribution is 2.34. The summed E-state index contributed by atoms with van der Waals surface area (Å²) in [6, 6.07) is 14.0. The average Bonchev–Trinajstić information content (AvgIpc) is 3.36. The maximum atomic E-state index is 13.1. The summed E-state index contributed by atoms with van der Waals surface area (Å²) in [6.45, 7) is 7.77. The summed E-state index contributed by atoms with van der Waals surface area (Å²) in [5, 5.41) is 0.944. The van der Waals surface area contributed by atoms with Crippen LogP contribution in [0.4, 0.5) is 0 Å². The fourth-order valence-electron chi connectivity index (χ4n) is 4.14. The van der Waals surface area contributed by atoms with E-state index >= 15 is 0 Å². The Labute approximate surface area is 215 Å². The van der Waals surface area contributed by atoms with Crippen LogP contribution in [-0.2, 0) is 35.0 Å². The number of carbonyl (C=O) groups is 1. The standard InChI is InChI=1S/C26H30Cl2O7/c1-25(2)31-14-20(34-25)22(30-13-17-18(27)11-8-12-19(17)28)23(21-15-32-26(3,4)35-21)33-24(29)16-9-6-5-7-10-16/h5-12,20-23H,13-15H2,1-4H3/t20-,21-,22+,23-/m1/s1. The van der Waals surface area contributed by atoms with E-state index in [1.54, 1.807) is 56.3 Å². The Kier molecular flexibility index (Phi) is 8.08. The lowest BCUT2D eigenvalue weighted by atomic mass is 10.0. The minimum atomic E-state index is -0.867. The topological polar surface area (TPSA) is 72.5 Å². The quantitative estimate of drug-likeness (QED) is 0.427. The number of halogens is 2. The zero-order valence-corrected chi connectivity index (χ0v) is 21.7. The Balaban J connectivity index is 1.65. The van der Waals surface area contributed by atoms with Gasteiger partial charge in [-0.15, -0.1) is 0 Å². The third-order valence-electron chi connectivity index (χ3n) is 5.85. The lowest BCUT2D eigenvalue weighted by molar-refractivity contribution is -0.196. The van der Waals surface area contributed by atoms with Crippen molar-refractivity contribution in [2.24, 2.45) is 0 Å². The van der Waals surface area contributed by atoms with Gasteiger partial charge in [-0.1, -0.05) is 47.5 Å². The van der Waals surface area contributed by atoms with Crippen LogP contribution in [0, 0.1) is 0 Å². The lowest BCUT2D eigenvalue weighted by Gasteiger charge is -2.34. The van der Waals surface area contributed by atoms with Gasteiger partial charge in [0.25, 0.3) is 0 Å². The lowest BCUT2D eigenvalue weighted by Crippen LogP contribution is -2.51. The van der Waals surface area contributed by atoms with E-state index in [9.17, 15) is 4.79 Å². The Morgan fingerprint density at radius 2 is 1.43 bits per heavy atom. The Morgan fingerprint density at radius 3 is 1.94 bits per heavy atom. The molecule has 4 atom stereocenters. The molecule has 0 amide bonds. The number of hydrogen-bond acceptors (Lipinski definition) is 7. The van der Waals surface area contributed by atoms with Crippen molar-refractivity contribution in [1.82, 2.24) is 0 Å². The fourth-order valence-corrected chi connectivity index (χ4v) is 4.65. The first kappa shape index (κ1) is 26.4. The van der Waals surface area contributed by atoms with Gasteiger partial charge in [-0.2, -0.15) is 0 Å². The predicted molar refractivity (Wildman–Crippen MR) is 130 cm³/mol. The van der Waals surface area contributed by atoms with Crippen LogP contribution in [0.1, 0.15) is 43.6 Å². The summed E-state index contributed by atoms with van der Waals surface area (Å²) in [5.74, 6) is -2.17. The van der Waals surface area contributed by atoms with Crippen molar-refractivity contribution >= 4 is 29.2 Å². The van der Waals surface area contributed by atoms with Crippen molar-refractivity contribution < 1.29 is 33.2 Å². The number of benzene rings is 2. The SMILES string of the molecule is CC1(C)OC[C@H]([C@H](OCc2c(Cl)cccc2Cl)[C@H](OC(=O)c2ccccc2)[C@H]2COC(C)(C)O2)O1. The van der Waals surface area contributed by atoms with Gasteiger partial charge in [-0.25, -0.2) is 4.79 Å². The molecule has 2 aliphatic heterocycles. The molecule has 0 bridgehead atoms. The highest BCUT2D eigenvalue weighted by atomic mass is 35.5. The summed E-state index contributed by atoms with van der Waals surface area (Å²) >= 11 is 12.8. The van der Waals surface area contributed by atoms with Crippen LogP contribution >= 0.6 is 23.2 Å². The first-order valence-corrected chi connectivity index (χ1v) is 12.2. The summed E-state index contributed by atoms with van der Waals surface area (Å²) in [7, 11) is 0. The van der Waals surface area contributed by atoms with Crippen molar-refractivity contribution in [3.8, 4) is 0 Å². The van der Waals surface area contributed by atoms with Crippen molar-refractivity contribution in [2.75, 3.05) is 13.2 Å². The number of esters is 1. The average molecular weight is 525 g/mol. The van der Waals surface area contributed by atoms with Crippen LogP contribution in [0.5, 0.6) is 0 Å². The van der Waals surface area contributed by atoms with Crippen LogP contribution in [0.15, 0.2) is 48.5 Å². The van der Waals surface area contributed by atoms with E-state index < -0.39 is 42.0 Å². The minimum absolute atomic E-state index is 0.0693. The molecule has 0 aliphatic carbocycles. The van der Waals surface area contributed by atoms with Crippen molar-refractivity contribution in [1.29, 1.82) is 0 Å². The van der Waals surface area contributed by atoms with Crippen LogP contribution in [0.2, 0.25) is 10.0 Å². The van der Waals surface area contributed by atoms with Crippen LogP contribution in [0.25, 0.3) is 0 Å². The number of rotatable bonds is 8. The summed E-state index contributed by atoms with van der Waals surface area (Å²) in [4.78, 5) is 13.1. The summed E-state index contributed by atoms with van der Waals surface area (Å²) in [5.41, 5.74) is 1.03. The molecular weight excluding hydrogens is 495 g/mol. The molecule has 4 rings (SSSR count). The molecule has 2 saturated heterocycles. The second kappa shape index (κ2) is 10.7. The molecule has 7 nitrogen and oxygen atoms in total. The smallest absolute Gasteiger partial charge is 0.338 e. The molecule has 0 saturated carbocycles. The second-order valence-electron chi connectivity index (χ2n) is 9.45. The summed E-state index contributed by atoms with van der Waals surface area (Å²) < 4.78 is 36.2. The first-order valence-electron chi connectivity index (χ1n) is 11.5. The molecule has 2 aromatic carbocycles. The van der Waals surface area contributed by atoms with Gasteiger partial charge in [0, 0.05) is 15.6 Å². The van der Waals surface area contributed by atoms with Gasteiger partial charge in [-0.05, 0) is 52.0 Å². The van der Waals surface area contributed by atoms with Gasteiger partial charge in [0.15, 0.2) is 17.7 Å². The first-order chi connectivity index (χ1) is 16.5. The van der Waals surface area contributed by atoms with Gasteiger partial charge in [-0.3, -0.25) is 0 Å². The molecule has 2 aliphatic rings. The highest BCUT2D eigenvalue weighted by molar-refractivity contribution is 6.35. The van der Waals surface area contributed by atoms with Crippen LogP contribution < -0.4 is 0 Å². The Hall–Kier alpha value is -1.71. The Morgan fingerprint density at radius 1 is 0.886 bits per heavy atom. The highest BCUT2D eigenvalue weighted by Gasteiger charge is 2.49. The molecular formula is C26H30Cl2O7. The molecule has 0 radical (unpaired) electrons. The zero-order valence-electron chi connectivity index (χ0n) is 20.2. The number of carbonyl (C=O) groups excluding carboxylic acids is 1. The van der Waals surface area contributed by atoms with E-state index in [2.05, 4.69) is 0 Å². The fraction of sp³-hybridized carbons (Fsp3) is 0.500. The monoisotopic (exact) mass is 524 g/mol. The predicted octanol–water partition coefficient (Wildman–Crippen LogP) is 5.41.